The van der Waals surface area contributed by atoms with Crippen LogP contribution in [0, 0.1) is 6.92 Å². The van der Waals surface area contributed by atoms with Crippen LogP contribution in [0.4, 0.5) is 0 Å². The fourth-order valence-electron chi connectivity index (χ4n) is 3.88. The third-order valence-electron chi connectivity index (χ3n) is 5.85. The third-order valence-corrected chi connectivity index (χ3v) is 6.26. The van der Waals surface area contributed by atoms with Crippen LogP contribution >= 0.6 is 11.6 Å². The molecule has 0 aliphatic heterocycles. The molecule has 0 fully saturated rings. The molecule has 0 aliphatic carbocycles. The average Bonchev–Trinajstić information content (AvgIpc) is 3.24. The summed E-state index contributed by atoms with van der Waals surface area (Å²) in [5.74, 6) is 0.772. The smallest absolute Gasteiger partial charge is 0.274 e. The van der Waals surface area contributed by atoms with Crippen LogP contribution in [0.25, 0.3) is 22.0 Å². The van der Waals surface area contributed by atoms with Gasteiger partial charge in [-0.05, 0) is 80.8 Å². The number of aromatic amines is 1. The van der Waals surface area contributed by atoms with Gasteiger partial charge in [-0.15, -0.1) is 0 Å². The fraction of sp³-hybridized carbons (Fsp3) is 0.259. The van der Waals surface area contributed by atoms with E-state index in [1.807, 2.05) is 38.1 Å². The standard InChI is InChI=1S/C27H28ClN3O4/c1-6-29-25(32)23-13-20-21(14-31(5)26(33)24(20)30-23)16-9-17(27(3,4)34)11-19(10-16)35-18-8-7-15(2)22(28)12-18/h7-14,30,34H,6H2,1-5H3,(H,29,32). The van der Waals surface area contributed by atoms with Crippen molar-refractivity contribution in [1.82, 2.24) is 14.9 Å². The molecule has 0 unspecified atom stereocenters. The van der Waals surface area contributed by atoms with Gasteiger partial charge in [0, 0.05) is 35.8 Å². The Morgan fingerprint density at radius 1 is 1.17 bits per heavy atom. The Hall–Kier alpha value is -3.55. The molecule has 0 radical (unpaired) electrons. The van der Waals surface area contributed by atoms with E-state index in [1.165, 1.54) is 4.57 Å². The number of aryl methyl sites for hydroxylation is 2. The Balaban J connectivity index is 1.91. The second kappa shape index (κ2) is 9.24. The summed E-state index contributed by atoms with van der Waals surface area (Å²) >= 11 is 6.27. The third kappa shape index (κ3) is 4.97. The molecule has 7 nitrogen and oxygen atoms in total. The first kappa shape index (κ1) is 24.6. The van der Waals surface area contributed by atoms with Gasteiger partial charge in [0.05, 0.1) is 5.60 Å². The van der Waals surface area contributed by atoms with E-state index in [9.17, 15) is 14.7 Å². The van der Waals surface area contributed by atoms with Crippen molar-refractivity contribution in [2.24, 2.45) is 7.05 Å². The number of fused-ring (bicyclic) bond motifs is 1. The normalized spacial score (nSPS) is 11.6. The van der Waals surface area contributed by atoms with Gasteiger partial charge in [-0.1, -0.05) is 17.7 Å². The van der Waals surface area contributed by atoms with Crippen LogP contribution in [-0.2, 0) is 12.6 Å². The first-order valence-electron chi connectivity index (χ1n) is 11.3. The number of nitrogens with one attached hydrogen (secondary N) is 2. The van der Waals surface area contributed by atoms with Gasteiger partial charge in [0.15, 0.2) is 0 Å². The molecule has 0 spiro atoms. The molecule has 1 amide bonds. The molecule has 8 heteroatoms. The van der Waals surface area contributed by atoms with Crippen molar-refractivity contribution in [2.45, 2.75) is 33.3 Å². The number of rotatable bonds is 6. The minimum absolute atomic E-state index is 0.247. The van der Waals surface area contributed by atoms with Crippen LogP contribution in [0.3, 0.4) is 0 Å². The van der Waals surface area contributed by atoms with E-state index in [-0.39, 0.29) is 11.5 Å². The predicted molar refractivity (Wildman–Crippen MR) is 138 cm³/mol. The number of aromatic nitrogens is 2. The van der Waals surface area contributed by atoms with Crippen LogP contribution in [-0.4, -0.2) is 27.1 Å². The number of carbonyl (C=O) groups excluding carboxylic acids is 1. The minimum atomic E-state index is -1.15. The average molecular weight is 494 g/mol. The number of H-pyrrole nitrogens is 1. The SMILES string of the molecule is CCNC(=O)c1cc2c(-c3cc(Oc4ccc(C)c(Cl)c4)cc(C(C)(C)O)c3)cn(C)c(=O)c2[nH]1. The zero-order valence-electron chi connectivity index (χ0n) is 20.3. The first-order chi connectivity index (χ1) is 16.5. The summed E-state index contributed by atoms with van der Waals surface area (Å²) in [6, 6.07) is 12.6. The Bertz CT molecular complexity index is 1500. The van der Waals surface area contributed by atoms with Gasteiger partial charge in [0.1, 0.15) is 22.7 Å². The summed E-state index contributed by atoms with van der Waals surface area (Å²) in [5, 5.41) is 14.7. The zero-order chi connectivity index (χ0) is 25.5. The molecule has 0 saturated carbocycles. The maximum absolute atomic E-state index is 12.8. The first-order valence-corrected chi connectivity index (χ1v) is 11.7. The maximum Gasteiger partial charge on any atom is 0.274 e. The van der Waals surface area contributed by atoms with Crippen molar-refractivity contribution in [3.8, 4) is 22.6 Å². The topological polar surface area (TPSA) is 96.3 Å². The van der Waals surface area contributed by atoms with E-state index in [4.69, 9.17) is 16.3 Å². The van der Waals surface area contributed by atoms with Crippen LogP contribution in [0.2, 0.25) is 5.02 Å². The molecule has 0 saturated heterocycles. The number of amides is 1. The highest BCUT2D eigenvalue weighted by molar-refractivity contribution is 6.31. The number of carbonyl (C=O) groups is 1. The molecular weight excluding hydrogens is 466 g/mol. The van der Waals surface area contributed by atoms with Gasteiger partial charge in [-0.25, -0.2) is 0 Å². The van der Waals surface area contributed by atoms with E-state index in [1.54, 1.807) is 45.3 Å². The van der Waals surface area contributed by atoms with Crippen LogP contribution in [0.15, 0.2) is 53.5 Å². The Morgan fingerprint density at radius 3 is 2.57 bits per heavy atom. The second-order valence-electron chi connectivity index (χ2n) is 9.11. The highest BCUT2D eigenvalue weighted by Gasteiger charge is 2.21. The van der Waals surface area contributed by atoms with Gasteiger partial charge in [-0.3, -0.25) is 9.59 Å². The lowest BCUT2D eigenvalue weighted by Crippen LogP contribution is -2.23. The Labute approximate surface area is 208 Å². The van der Waals surface area contributed by atoms with Crippen molar-refractivity contribution in [3.05, 3.63) is 80.9 Å². The van der Waals surface area contributed by atoms with E-state index < -0.39 is 5.60 Å². The van der Waals surface area contributed by atoms with Gasteiger partial charge < -0.3 is 24.7 Å². The number of ether oxygens (including phenoxy) is 1. The molecule has 2 aromatic heterocycles. The lowest BCUT2D eigenvalue weighted by molar-refractivity contribution is 0.0784. The monoisotopic (exact) mass is 493 g/mol. The number of nitrogens with zero attached hydrogens (tertiary/aromatic N) is 1. The number of halogens is 1. The minimum Gasteiger partial charge on any atom is -0.457 e. The number of aliphatic hydroxyl groups is 1. The van der Waals surface area contributed by atoms with Gasteiger partial charge in [0.25, 0.3) is 11.5 Å². The summed E-state index contributed by atoms with van der Waals surface area (Å²) in [6.45, 7) is 7.60. The summed E-state index contributed by atoms with van der Waals surface area (Å²) in [6.07, 6.45) is 1.72. The molecule has 0 atom stereocenters. The fourth-order valence-corrected chi connectivity index (χ4v) is 4.05. The molecule has 2 heterocycles. The van der Waals surface area contributed by atoms with E-state index in [2.05, 4.69) is 10.3 Å². The molecule has 4 aromatic rings. The van der Waals surface area contributed by atoms with Crippen molar-refractivity contribution in [1.29, 1.82) is 0 Å². The van der Waals surface area contributed by atoms with Crippen molar-refractivity contribution < 1.29 is 14.6 Å². The van der Waals surface area contributed by atoms with Gasteiger partial charge >= 0.3 is 0 Å². The summed E-state index contributed by atoms with van der Waals surface area (Å²) in [4.78, 5) is 28.2. The highest BCUT2D eigenvalue weighted by Crippen LogP contribution is 2.36. The van der Waals surface area contributed by atoms with Crippen LogP contribution in [0.5, 0.6) is 11.5 Å². The molecule has 4 rings (SSSR count). The largest absolute Gasteiger partial charge is 0.457 e. The molecule has 3 N–H and O–H groups in total. The van der Waals surface area contributed by atoms with E-state index >= 15 is 0 Å². The van der Waals surface area contributed by atoms with E-state index in [0.717, 1.165) is 11.1 Å². The molecule has 0 aliphatic rings. The zero-order valence-corrected chi connectivity index (χ0v) is 21.1. The molecule has 182 valence electrons. The molecule has 2 aromatic carbocycles. The van der Waals surface area contributed by atoms with Crippen LogP contribution in [0.1, 0.15) is 42.4 Å². The lowest BCUT2D eigenvalue weighted by Gasteiger charge is -2.21. The molecule has 35 heavy (non-hydrogen) atoms. The predicted octanol–water partition coefficient (Wildman–Crippen LogP) is 5.26. The Morgan fingerprint density at radius 2 is 1.91 bits per heavy atom. The molecular formula is C27H28ClN3O4. The Kier molecular flexibility index (Phi) is 6.49. The highest BCUT2D eigenvalue weighted by atomic mass is 35.5. The second-order valence-corrected chi connectivity index (χ2v) is 9.52. The van der Waals surface area contributed by atoms with Crippen molar-refractivity contribution >= 4 is 28.4 Å². The summed E-state index contributed by atoms with van der Waals surface area (Å²) < 4.78 is 7.58. The quantitative estimate of drug-likeness (QED) is 0.341. The number of pyridine rings is 1. The lowest BCUT2D eigenvalue weighted by atomic mass is 9.93. The maximum atomic E-state index is 12.8. The number of hydrogen-bond donors (Lipinski definition) is 3. The van der Waals surface area contributed by atoms with Gasteiger partial charge in [-0.2, -0.15) is 0 Å². The van der Waals surface area contributed by atoms with Crippen LogP contribution < -0.4 is 15.6 Å². The van der Waals surface area contributed by atoms with Gasteiger partial charge in [0.2, 0.25) is 0 Å². The molecule has 0 bridgehead atoms. The van der Waals surface area contributed by atoms with Crippen molar-refractivity contribution in [3.63, 3.8) is 0 Å². The summed E-state index contributed by atoms with van der Waals surface area (Å²) in [7, 11) is 1.66. The summed E-state index contributed by atoms with van der Waals surface area (Å²) in [5.41, 5.74) is 2.24. The number of benzene rings is 2. The van der Waals surface area contributed by atoms with Crippen molar-refractivity contribution in [2.75, 3.05) is 6.54 Å². The number of hydrogen-bond acceptors (Lipinski definition) is 4. The van der Waals surface area contributed by atoms with E-state index in [0.29, 0.717) is 50.8 Å².